The van der Waals surface area contributed by atoms with Gasteiger partial charge in [0.15, 0.2) is 11.5 Å². The van der Waals surface area contributed by atoms with E-state index < -0.39 is 35.4 Å². The third-order valence-electron chi connectivity index (χ3n) is 6.98. The lowest BCUT2D eigenvalue weighted by Crippen LogP contribution is -2.40. The van der Waals surface area contributed by atoms with Crippen LogP contribution in [0.2, 0.25) is 0 Å². The Labute approximate surface area is 234 Å². The number of hydrogen-bond acceptors (Lipinski definition) is 8. The second-order valence-electron chi connectivity index (χ2n) is 9.58. The van der Waals surface area contributed by atoms with Gasteiger partial charge in [-0.15, -0.1) is 0 Å². The van der Waals surface area contributed by atoms with Gasteiger partial charge in [-0.2, -0.15) is 13.2 Å². The molecular formula is C29H29F3N4O5. The van der Waals surface area contributed by atoms with Crippen molar-refractivity contribution >= 4 is 34.7 Å². The lowest BCUT2D eigenvalue weighted by Gasteiger charge is -2.33. The molecule has 9 nitrogen and oxygen atoms in total. The molecule has 1 amide bonds. The van der Waals surface area contributed by atoms with E-state index >= 15 is 0 Å². The van der Waals surface area contributed by atoms with Crippen LogP contribution < -0.4 is 10.2 Å². The van der Waals surface area contributed by atoms with Crippen LogP contribution in [0.1, 0.15) is 42.4 Å². The number of oxazole rings is 1. The zero-order valence-corrected chi connectivity index (χ0v) is 22.5. The van der Waals surface area contributed by atoms with Gasteiger partial charge >= 0.3 is 12.1 Å². The van der Waals surface area contributed by atoms with E-state index in [0.717, 1.165) is 5.69 Å². The third-order valence-corrected chi connectivity index (χ3v) is 6.98. The lowest BCUT2D eigenvalue weighted by molar-refractivity contribution is -0.153. The van der Waals surface area contributed by atoms with Gasteiger partial charge in [-0.3, -0.25) is 14.4 Å². The molecule has 2 heterocycles. The summed E-state index contributed by atoms with van der Waals surface area (Å²) in [5.74, 6) is -5.04. The van der Waals surface area contributed by atoms with Crippen LogP contribution in [-0.4, -0.2) is 48.6 Å². The number of Topliss-reactive ketones (excluding diaryl/α,β-unsaturated/α-hetero) is 1. The highest BCUT2D eigenvalue weighted by Gasteiger charge is 2.42. The molecule has 1 atom stereocenters. The predicted octanol–water partition coefficient (Wildman–Crippen LogP) is 5.62. The van der Waals surface area contributed by atoms with Crippen molar-refractivity contribution in [2.75, 3.05) is 30.4 Å². The van der Waals surface area contributed by atoms with Crippen LogP contribution in [0.15, 0.2) is 59.0 Å². The summed E-state index contributed by atoms with van der Waals surface area (Å²) in [6.07, 6.45) is -3.62. The SMILES string of the molecule is CC[C@@H](C(=N)C(=O)C1CCN(c2ccc(NC(=O)c3nc(-c4ccccc4)oc3C(F)(F)F)cc2)CC1)C(=O)OC. The van der Waals surface area contributed by atoms with E-state index in [9.17, 15) is 27.6 Å². The number of piperidine rings is 1. The van der Waals surface area contributed by atoms with Crippen molar-refractivity contribution in [3.63, 3.8) is 0 Å². The fourth-order valence-electron chi connectivity index (χ4n) is 4.74. The van der Waals surface area contributed by atoms with Gasteiger partial charge in [0.2, 0.25) is 11.7 Å². The number of carbonyl (C=O) groups excluding carboxylic acids is 3. The van der Waals surface area contributed by atoms with Gasteiger partial charge in [0.25, 0.3) is 5.91 Å². The molecule has 1 aromatic heterocycles. The molecule has 0 aliphatic carbocycles. The number of amides is 1. The molecule has 4 rings (SSSR count). The van der Waals surface area contributed by atoms with Gasteiger partial charge in [-0.05, 0) is 55.7 Å². The van der Waals surface area contributed by atoms with Crippen LogP contribution in [-0.2, 0) is 20.5 Å². The van der Waals surface area contributed by atoms with Crippen molar-refractivity contribution in [2.45, 2.75) is 32.4 Å². The van der Waals surface area contributed by atoms with Crippen LogP contribution >= 0.6 is 0 Å². The number of halogens is 3. The van der Waals surface area contributed by atoms with E-state index in [2.05, 4.69) is 10.3 Å². The largest absolute Gasteiger partial charge is 0.469 e. The summed E-state index contributed by atoms with van der Waals surface area (Å²) >= 11 is 0. The first-order valence-corrected chi connectivity index (χ1v) is 13.0. The minimum Gasteiger partial charge on any atom is -0.469 e. The number of methoxy groups -OCH3 is 1. The summed E-state index contributed by atoms with van der Waals surface area (Å²) < 4.78 is 50.4. The molecule has 2 aromatic carbocycles. The zero-order valence-electron chi connectivity index (χ0n) is 22.5. The lowest BCUT2D eigenvalue weighted by atomic mass is 9.85. The topological polar surface area (TPSA) is 126 Å². The Balaban J connectivity index is 1.39. The number of alkyl halides is 3. The summed E-state index contributed by atoms with van der Waals surface area (Å²) in [7, 11) is 1.23. The summed E-state index contributed by atoms with van der Waals surface area (Å²) in [4.78, 5) is 43.3. The molecule has 1 saturated heterocycles. The van der Waals surface area contributed by atoms with Gasteiger partial charge in [-0.25, -0.2) is 4.98 Å². The Bertz CT molecular complexity index is 1410. The number of benzene rings is 2. The van der Waals surface area contributed by atoms with Crippen molar-refractivity contribution in [1.29, 1.82) is 5.41 Å². The Morgan fingerprint density at radius 1 is 1.10 bits per heavy atom. The third kappa shape index (κ3) is 6.64. The van der Waals surface area contributed by atoms with E-state index in [1.54, 1.807) is 49.4 Å². The van der Waals surface area contributed by atoms with E-state index in [1.807, 2.05) is 4.90 Å². The number of hydrogen-bond donors (Lipinski definition) is 2. The molecule has 1 fully saturated rings. The van der Waals surface area contributed by atoms with Crippen LogP contribution in [0, 0.1) is 17.2 Å². The highest BCUT2D eigenvalue weighted by Crippen LogP contribution is 2.36. The fourth-order valence-corrected chi connectivity index (χ4v) is 4.74. The van der Waals surface area contributed by atoms with E-state index in [-0.39, 0.29) is 29.0 Å². The molecule has 0 spiro atoms. The molecule has 12 heteroatoms. The Morgan fingerprint density at radius 3 is 2.29 bits per heavy atom. The van der Waals surface area contributed by atoms with Gasteiger partial charge in [-0.1, -0.05) is 25.1 Å². The molecule has 216 valence electrons. The summed E-state index contributed by atoms with van der Waals surface area (Å²) in [6.45, 7) is 2.78. The second kappa shape index (κ2) is 12.4. The van der Waals surface area contributed by atoms with Crippen molar-refractivity contribution in [3.05, 3.63) is 66.1 Å². The second-order valence-corrected chi connectivity index (χ2v) is 9.58. The van der Waals surface area contributed by atoms with Crippen molar-refractivity contribution in [2.24, 2.45) is 11.8 Å². The van der Waals surface area contributed by atoms with E-state index in [1.165, 1.54) is 19.2 Å². The number of anilines is 2. The van der Waals surface area contributed by atoms with Gasteiger partial charge in [0.05, 0.1) is 12.8 Å². The summed E-state index contributed by atoms with van der Waals surface area (Å²) in [5, 5.41) is 10.6. The number of carbonyl (C=O) groups is 3. The molecule has 41 heavy (non-hydrogen) atoms. The summed E-state index contributed by atoms with van der Waals surface area (Å²) in [6, 6.07) is 14.5. The Hall–Kier alpha value is -4.48. The molecule has 3 aromatic rings. The van der Waals surface area contributed by atoms with Crippen LogP contribution in [0.4, 0.5) is 24.5 Å². The molecule has 0 bridgehead atoms. The van der Waals surface area contributed by atoms with Crippen molar-refractivity contribution in [3.8, 4) is 11.5 Å². The smallest absolute Gasteiger partial charge is 0.452 e. The van der Waals surface area contributed by atoms with Gasteiger partial charge in [0.1, 0.15) is 5.92 Å². The highest BCUT2D eigenvalue weighted by molar-refractivity contribution is 6.43. The van der Waals surface area contributed by atoms with Crippen molar-refractivity contribution in [1.82, 2.24) is 4.98 Å². The number of rotatable bonds is 9. The van der Waals surface area contributed by atoms with Gasteiger partial charge < -0.3 is 24.8 Å². The fraction of sp³-hybridized carbons (Fsp3) is 0.345. The maximum atomic E-state index is 13.6. The molecule has 1 aliphatic heterocycles. The number of ether oxygens (including phenoxy) is 1. The molecular weight excluding hydrogens is 541 g/mol. The molecule has 1 aliphatic rings. The standard InChI is InChI=1S/C29H29F3N4O5/c1-3-21(28(39)40-2)22(33)24(37)17-13-15-36(16-14-17)20-11-9-19(10-12-20)34-26(38)23-25(29(30,31)32)41-27(35-23)18-7-5-4-6-8-18/h4-12,17,21,33H,3,13-16H2,1-2H3,(H,34,38)/t21-/m0/s1. The first-order valence-electron chi connectivity index (χ1n) is 13.0. The number of esters is 1. The average Bonchev–Trinajstić information content (AvgIpc) is 3.45. The molecule has 0 unspecified atom stereocenters. The Kier molecular flexibility index (Phi) is 8.89. The highest BCUT2D eigenvalue weighted by atomic mass is 19.4. The number of nitrogens with one attached hydrogen (secondary N) is 2. The minimum absolute atomic E-state index is 0.227. The average molecular weight is 571 g/mol. The van der Waals surface area contributed by atoms with Crippen LogP contribution in [0.3, 0.4) is 0 Å². The molecule has 0 radical (unpaired) electrons. The van der Waals surface area contributed by atoms with Crippen LogP contribution in [0.5, 0.6) is 0 Å². The number of ketones is 1. The van der Waals surface area contributed by atoms with E-state index in [4.69, 9.17) is 14.6 Å². The quantitative estimate of drug-likeness (QED) is 0.253. The van der Waals surface area contributed by atoms with E-state index in [0.29, 0.717) is 37.9 Å². The predicted molar refractivity (Wildman–Crippen MR) is 145 cm³/mol. The number of nitrogens with zero attached hydrogens (tertiary/aromatic N) is 2. The Morgan fingerprint density at radius 2 is 1.73 bits per heavy atom. The van der Waals surface area contributed by atoms with Crippen molar-refractivity contribution < 1.29 is 36.7 Å². The van der Waals surface area contributed by atoms with Gasteiger partial charge in [0, 0.05) is 35.9 Å². The maximum absolute atomic E-state index is 13.6. The monoisotopic (exact) mass is 570 g/mol. The van der Waals surface area contributed by atoms with Crippen LogP contribution in [0.25, 0.3) is 11.5 Å². The zero-order chi connectivity index (χ0) is 29.7. The normalized spacial score (nSPS) is 14.8. The molecule has 0 saturated carbocycles. The summed E-state index contributed by atoms with van der Waals surface area (Å²) in [5.41, 5.74) is 0.277. The number of aromatic nitrogens is 1. The first-order chi connectivity index (χ1) is 19.5. The first kappa shape index (κ1) is 29.5. The molecule has 2 N–H and O–H groups in total. The minimum atomic E-state index is -4.92. The maximum Gasteiger partial charge on any atom is 0.452 e.